The number of aliphatic hydroxyl groups is 3. The molecule has 0 saturated carbocycles. The number of aromatic hydroxyl groups is 4. The number of hydrogen-bond acceptors (Lipinski definition) is 14. The number of allylic oxidation sites excluding steroid dienone is 2. The lowest BCUT2D eigenvalue weighted by Gasteiger charge is -2.45. The molecule has 49 heavy (non-hydrogen) atoms. The summed E-state index contributed by atoms with van der Waals surface area (Å²) in [6.45, 7) is 11.4. The van der Waals surface area contributed by atoms with Crippen molar-refractivity contribution < 1.29 is 64.0 Å². The highest BCUT2D eigenvalue weighted by Crippen LogP contribution is 2.57. The molecule has 3 heterocycles. The molecule has 1 saturated heterocycles. The molecule has 0 radical (unpaired) electrons. The largest absolute Gasteiger partial charge is 0.507 e. The van der Waals surface area contributed by atoms with Gasteiger partial charge in [0.2, 0.25) is 17.5 Å². The van der Waals surface area contributed by atoms with Gasteiger partial charge in [-0.15, -0.1) is 0 Å². The molecule has 1 aliphatic carbocycles. The predicted octanol–water partition coefficient (Wildman–Crippen LogP) is 3.08. The lowest BCUT2D eigenvalue weighted by molar-refractivity contribution is -0.268. The van der Waals surface area contributed by atoms with Crippen LogP contribution >= 0.6 is 0 Å². The van der Waals surface area contributed by atoms with Crippen molar-refractivity contribution in [2.45, 2.75) is 85.1 Å². The third kappa shape index (κ3) is 4.88. The van der Waals surface area contributed by atoms with Gasteiger partial charge in [-0.05, 0) is 52.7 Å². The molecule has 0 unspecified atom stereocenters. The Morgan fingerprint density at radius 3 is 2.04 bits per heavy atom. The number of ketones is 2. The van der Waals surface area contributed by atoms with Crippen LogP contribution in [0.1, 0.15) is 59.9 Å². The number of hydrogen-bond donors (Lipinski definition) is 7. The van der Waals surface area contributed by atoms with E-state index in [2.05, 4.69) is 0 Å². The highest BCUT2D eigenvalue weighted by molar-refractivity contribution is 6.20. The van der Waals surface area contributed by atoms with Crippen LogP contribution in [-0.4, -0.2) is 78.0 Å². The van der Waals surface area contributed by atoms with Crippen molar-refractivity contribution in [2.75, 3.05) is 0 Å². The molecule has 6 rings (SSSR count). The summed E-state index contributed by atoms with van der Waals surface area (Å²) < 4.78 is 24.0. The Bertz CT molecular complexity index is 2000. The van der Waals surface area contributed by atoms with Crippen molar-refractivity contribution >= 4 is 22.5 Å². The van der Waals surface area contributed by atoms with Crippen molar-refractivity contribution in [3.05, 3.63) is 45.3 Å². The van der Waals surface area contributed by atoms with E-state index in [4.69, 9.17) is 18.6 Å². The van der Waals surface area contributed by atoms with Crippen LogP contribution in [0.2, 0.25) is 0 Å². The maximum atomic E-state index is 14.4. The fourth-order valence-corrected chi connectivity index (χ4v) is 7.12. The van der Waals surface area contributed by atoms with E-state index < -0.39 is 98.6 Å². The van der Waals surface area contributed by atoms with Gasteiger partial charge >= 0.3 is 0 Å². The Labute approximate surface area is 279 Å². The van der Waals surface area contributed by atoms with Gasteiger partial charge in [0.1, 0.15) is 46.5 Å². The second-order valence-electron chi connectivity index (χ2n) is 14.2. The molecule has 2 aromatic carbocycles. The summed E-state index contributed by atoms with van der Waals surface area (Å²) in [5, 5.41) is 73.0. The molecular weight excluding hydrogens is 644 g/mol. The first-order chi connectivity index (χ1) is 22.7. The summed E-state index contributed by atoms with van der Waals surface area (Å²) in [4.78, 5) is 42.0. The van der Waals surface area contributed by atoms with Gasteiger partial charge in [0, 0.05) is 28.7 Å². The number of carbonyl (C=O) groups excluding carboxylic acids is 2. The summed E-state index contributed by atoms with van der Waals surface area (Å²) in [6, 6.07) is 3.08. The summed E-state index contributed by atoms with van der Waals surface area (Å²) >= 11 is 0. The summed E-state index contributed by atoms with van der Waals surface area (Å²) in [7, 11) is 0. The number of phenols is 4. The van der Waals surface area contributed by atoms with Gasteiger partial charge < -0.3 is 54.4 Å². The van der Waals surface area contributed by atoms with Crippen molar-refractivity contribution in [3.8, 4) is 45.8 Å². The lowest BCUT2D eigenvalue weighted by Crippen LogP contribution is -2.58. The predicted molar refractivity (Wildman–Crippen MR) is 170 cm³/mol. The number of aliphatic hydroxyl groups excluding tert-OH is 3. The Morgan fingerprint density at radius 2 is 1.45 bits per heavy atom. The molecule has 1 aromatic heterocycles. The zero-order valence-corrected chi connectivity index (χ0v) is 27.8. The maximum absolute atomic E-state index is 14.4. The molecule has 14 nitrogen and oxygen atoms in total. The van der Waals surface area contributed by atoms with Gasteiger partial charge in [0.05, 0.1) is 16.9 Å². The van der Waals surface area contributed by atoms with E-state index in [-0.39, 0.29) is 45.5 Å². The van der Waals surface area contributed by atoms with E-state index in [1.807, 2.05) is 13.8 Å². The molecule has 7 N–H and O–H groups in total. The minimum absolute atomic E-state index is 0.00645. The molecule has 0 bridgehead atoms. The fraction of sp³-hybridized carbons (Fsp3) is 0.457. The maximum Gasteiger partial charge on any atom is 0.239 e. The van der Waals surface area contributed by atoms with Gasteiger partial charge in [-0.25, -0.2) is 0 Å². The number of carbonyl (C=O) groups is 2. The first-order valence-electron chi connectivity index (χ1n) is 15.7. The zero-order chi connectivity index (χ0) is 36.2. The van der Waals surface area contributed by atoms with Gasteiger partial charge in [0.25, 0.3) is 0 Å². The Balaban J connectivity index is 1.68. The number of phenolic OH excluding ortho intramolecular Hbond substituents is 4. The second kappa shape index (κ2) is 11.2. The van der Waals surface area contributed by atoms with Crippen molar-refractivity contribution in [3.63, 3.8) is 0 Å². The Morgan fingerprint density at radius 1 is 0.837 bits per heavy atom. The molecule has 14 heteroatoms. The van der Waals surface area contributed by atoms with Crippen LogP contribution in [0.25, 0.3) is 22.3 Å². The van der Waals surface area contributed by atoms with E-state index in [1.54, 1.807) is 13.8 Å². The molecule has 3 aromatic rings. The average molecular weight is 683 g/mol. The van der Waals surface area contributed by atoms with Crippen molar-refractivity contribution in [1.82, 2.24) is 0 Å². The summed E-state index contributed by atoms with van der Waals surface area (Å²) in [5.41, 5.74) is -3.77. The average Bonchev–Trinajstić information content (AvgIpc) is 3.03. The van der Waals surface area contributed by atoms with Crippen LogP contribution in [0.3, 0.4) is 0 Å². The van der Waals surface area contributed by atoms with Gasteiger partial charge in [-0.1, -0.05) is 13.8 Å². The normalized spacial score (nSPS) is 27.6. The quantitative estimate of drug-likeness (QED) is 0.155. The minimum Gasteiger partial charge on any atom is -0.507 e. The fourth-order valence-electron chi connectivity index (χ4n) is 7.12. The van der Waals surface area contributed by atoms with Crippen LogP contribution in [0, 0.1) is 16.7 Å². The Kier molecular flexibility index (Phi) is 7.83. The van der Waals surface area contributed by atoms with Crippen molar-refractivity contribution in [1.29, 1.82) is 0 Å². The van der Waals surface area contributed by atoms with E-state index in [1.165, 1.54) is 20.8 Å². The van der Waals surface area contributed by atoms with Gasteiger partial charge in [-0.3, -0.25) is 14.4 Å². The van der Waals surface area contributed by atoms with Crippen LogP contribution in [0.4, 0.5) is 0 Å². The van der Waals surface area contributed by atoms with Crippen LogP contribution in [0.15, 0.2) is 38.7 Å². The standard InChI is InChI=1S/C35H38O14/c1-11(2)18-20-17(47-31-21(18)30(44)34(4,5)33(45)35(31,6)7)10-14(36)19-24(41)29(49-32-26(43)25(42)22(39)12(3)46-32)27(48-28(19)20)13-8-15(37)23(40)16(38)9-13/h8-12,18,22,25-26,32,36-40,42-43H,1-7H3/t12-,18+,22-,25+,26+,32-/m0/s1. The van der Waals surface area contributed by atoms with E-state index >= 15 is 0 Å². The molecule has 0 spiro atoms. The highest BCUT2D eigenvalue weighted by Gasteiger charge is 2.57. The molecule has 3 aliphatic rings. The third-order valence-electron chi connectivity index (χ3n) is 9.74. The number of rotatable bonds is 4. The van der Waals surface area contributed by atoms with Crippen LogP contribution in [-0.2, 0) is 14.3 Å². The number of fused-ring (bicyclic) bond motifs is 3. The molecule has 6 atom stereocenters. The number of benzene rings is 2. The first kappa shape index (κ1) is 34.2. The summed E-state index contributed by atoms with van der Waals surface area (Å²) in [6.07, 6.45) is -7.94. The van der Waals surface area contributed by atoms with E-state index in [0.29, 0.717) is 0 Å². The molecular formula is C35H38O14. The van der Waals surface area contributed by atoms with Crippen LogP contribution < -0.4 is 14.9 Å². The third-order valence-corrected chi connectivity index (χ3v) is 9.74. The van der Waals surface area contributed by atoms with E-state index in [0.717, 1.165) is 18.2 Å². The molecule has 0 amide bonds. The Hall–Kier alpha value is -4.63. The number of Topliss-reactive ketones (excluding diaryl/α,β-unsaturated/α-hetero) is 2. The lowest BCUT2D eigenvalue weighted by atomic mass is 9.59. The second-order valence-corrected chi connectivity index (χ2v) is 14.2. The topological polar surface area (TPSA) is 234 Å². The van der Waals surface area contributed by atoms with Gasteiger partial charge in [-0.2, -0.15) is 0 Å². The summed E-state index contributed by atoms with van der Waals surface area (Å²) in [5.74, 6) is -6.21. The molecule has 262 valence electrons. The number of ether oxygens (including phenoxy) is 3. The smallest absolute Gasteiger partial charge is 0.239 e. The van der Waals surface area contributed by atoms with Crippen molar-refractivity contribution in [2.24, 2.45) is 16.7 Å². The van der Waals surface area contributed by atoms with Crippen LogP contribution in [0.5, 0.6) is 34.5 Å². The monoisotopic (exact) mass is 682 g/mol. The molecule has 1 fully saturated rings. The molecule has 2 aliphatic heterocycles. The first-order valence-corrected chi connectivity index (χ1v) is 15.7. The zero-order valence-electron chi connectivity index (χ0n) is 27.8. The van der Waals surface area contributed by atoms with E-state index in [9.17, 15) is 50.1 Å². The minimum atomic E-state index is -1.87. The SMILES string of the molecule is CC(C)[C@H]1C2=C(Oc3cc(O)c4c(=O)c(O[C@@H]5O[C@@H](C)[C@H](O)[C@@H](O)[C@H]5O)c(-c5cc(O)c(O)c(O)c5)oc4c31)C(C)(C)C(=O)C(C)(C)C2=O. The highest BCUT2D eigenvalue weighted by atomic mass is 16.7. The van der Waals surface area contributed by atoms with Gasteiger partial charge in [0.15, 0.2) is 34.6 Å².